The van der Waals surface area contributed by atoms with E-state index in [1.54, 1.807) is 30.3 Å². The van der Waals surface area contributed by atoms with Gasteiger partial charge in [-0.05, 0) is 35.9 Å². The van der Waals surface area contributed by atoms with E-state index < -0.39 is 4.92 Å². The molecule has 0 fully saturated rings. The number of hydrogen-bond acceptors (Lipinski definition) is 6. The third kappa shape index (κ3) is 4.97. The highest BCUT2D eigenvalue weighted by Crippen LogP contribution is 2.33. The molecule has 10 heteroatoms. The minimum absolute atomic E-state index is 0.0203. The SMILES string of the molecule is O=[N+]([O-])c1c(NCc2ccc(Cl)cc2)ncnc1Nc1cc(Cl)cc(Cl)c1. The third-order valence-corrected chi connectivity index (χ3v) is 4.19. The highest BCUT2D eigenvalue weighted by molar-refractivity contribution is 6.35. The van der Waals surface area contributed by atoms with Gasteiger partial charge in [0.25, 0.3) is 0 Å². The van der Waals surface area contributed by atoms with Gasteiger partial charge in [0.15, 0.2) is 0 Å². The molecule has 0 unspecified atom stereocenters. The summed E-state index contributed by atoms with van der Waals surface area (Å²) in [7, 11) is 0. The number of aromatic nitrogens is 2. The second-order valence-corrected chi connectivity index (χ2v) is 6.75. The lowest BCUT2D eigenvalue weighted by Gasteiger charge is -2.11. The molecule has 0 aliphatic carbocycles. The van der Waals surface area contributed by atoms with Crippen LogP contribution in [0.3, 0.4) is 0 Å². The first kappa shape index (κ1) is 19.2. The van der Waals surface area contributed by atoms with Crippen molar-refractivity contribution in [2.75, 3.05) is 10.6 Å². The Morgan fingerprint density at radius 2 is 1.56 bits per heavy atom. The van der Waals surface area contributed by atoms with Crippen molar-refractivity contribution >= 4 is 57.8 Å². The molecule has 0 bridgehead atoms. The molecule has 7 nitrogen and oxygen atoms in total. The maximum atomic E-state index is 11.6. The van der Waals surface area contributed by atoms with Crippen LogP contribution in [-0.2, 0) is 6.54 Å². The Morgan fingerprint density at radius 3 is 2.19 bits per heavy atom. The van der Waals surface area contributed by atoms with Crippen LogP contribution < -0.4 is 10.6 Å². The van der Waals surface area contributed by atoms with E-state index in [1.807, 2.05) is 12.1 Å². The monoisotopic (exact) mass is 423 g/mol. The molecule has 27 heavy (non-hydrogen) atoms. The van der Waals surface area contributed by atoms with Gasteiger partial charge < -0.3 is 10.6 Å². The van der Waals surface area contributed by atoms with Crippen molar-refractivity contribution in [2.45, 2.75) is 6.54 Å². The number of anilines is 3. The molecule has 0 aliphatic rings. The highest BCUT2D eigenvalue weighted by atomic mass is 35.5. The van der Waals surface area contributed by atoms with Crippen LogP contribution in [0.2, 0.25) is 15.1 Å². The van der Waals surface area contributed by atoms with Crippen molar-refractivity contribution in [3.8, 4) is 0 Å². The molecule has 0 atom stereocenters. The Morgan fingerprint density at radius 1 is 0.926 bits per heavy atom. The first-order valence-corrected chi connectivity index (χ1v) is 8.76. The van der Waals surface area contributed by atoms with Gasteiger partial charge in [-0.1, -0.05) is 46.9 Å². The van der Waals surface area contributed by atoms with E-state index in [1.165, 1.54) is 6.33 Å². The molecule has 0 saturated carbocycles. The standard InChI is InChI=1S/C17H12Cl3N5O2/c18-11-3-1-10(2-4-11)8-21-16-15(25(26)27)17(23-9-22-16)24-14-6-12(19)5-13(20)7-14/h1-7,9H,8H2,(H2,21,22,23,24). The number of benzene rings is 2. The average molecular weight is 425 g/mol. The van der Waals surface area contributed by atoms with Gasteiger partial charge in [0.05, 0.1) is 4.92 Å². The van der Waals surface area contributed by atoms with Crippen LogP contribution >= 0.6 is 34.8 Å². The first-order chi connectivity index (χ1) is 12.9. The second kappa shape index (κ2) is 8.39. The van der Waals surface area contributed by atoms with Gasteiger partial charge in [0.1, 0.15) is 6.33 Å². The maximum absolute atomic E-state index is 11.6. The minimum atomic E-state index is -0.557. The van der Waals surface area contributed by atoms with Gasteiger partial charge in [-0.25, -0.2) is 9.97 Å². The number of nitro groups is 1. The minimum Gasteiger partial charge on any atom is -0.360 e. The zero-order valence-electron chi connectivity index (χ0n) is 13.6. The predicted octanol–water partition coefficient (Wildman–Crippen LogP) is 5.70. The third-order valence-electron chi connectivity index (χ3n) is 3.50. The Balaban J connectivity index is 1.87. The normalized spacial score (nSPS) is 10.5. The van der Waals surface area contributed by atoms with Gasteiger partial charge in [0.2, 0.25) is 11.6 Å². The summed E-state index contributed by atoms with van der Waals surface area (Å²) in [5, 5.41) is 18.8. The summed E-state index contributed by atoms with van der Waals surface area (Å²) in [5.74, 6) is 0.104. The molecule has 0 spiro atoms. The summed E-state index contributed by atoms with van der Waals surface area (Å²) in [6.07, 6.45) is 1.23. The summed E-state index contributed by atoms with van der Waals surface area (Å²) in [6, 6.07) is 11.8. The summed E-state index contributed by atoms with van der Waals surface area (Å²) in [6.45, 7) is 0.331. The van der Waals surface area contributed by atoms with Gasteiger partial charge in [-0.3, -0.25) is 10.1 Å². The molecule has 2 aromatic carbocycles. The molecule has 1 aromatic heterocycles. The van der Waals surface area contributed by atoms with Crippen LogP contribution in [0, 0.1) is 10.1 Å². The van der Waals surface area contributed by atoms with Crippen molar-refractivity contribution < 1.29 is 4.92 Å². The number of halogens is 3. The smallest absolute Gasteiger partial charge is 0.353 e. The van der Waals surface area contributed by atoms with Crippen molar-refractivity contribution in [3.05, 3.63) is 79.5 Å². The first-order valence-electron chi connectivity index (χ1n) is 7.63. The van der Waals surface area contributed by atoms with Gasteiger partial charge in [-0.2, -0.15) is 0 Å². The van der Waals surface area contributed by atoms with E-state index in [-0.39, 0.29) is 17.3 Å². The molecular weight excluding hydrogens is 413 g/mol. The number of nitrogens with zero attached hydrogens (tertiary/aromatic N) is 3. The summed E-state index contributed by atoms with van der Waals surface area (Å²) in [5.41, 5.74) is 1.07. The molecule has 138 valence electrons. The Bertz CT molecular complexity index is 963. The zero-order valence-corrected chi connectivity index (χ0v) is 15.9. The molecule has 0 aliphatic heterocycles. The van der Waals surface area contributed by atoms with Crippen molar-refractivity contribution in [3.63, 3.8) is 0 Å². The molecule has 0 saturated heterocycles. The Hall–Kier alpha value is -2.61. The van der Waals surface area contributed by atoms with E-state index in [2.05, 4.69) is 20.6 Å². The fraction of sp³-hybridized carbons (Fsp3) is 0.0588. The quantitative estimate of drug-likeness (QED) is 0.389. The summed E-state index contributed by atoms with van der Waals surface area (Å²) in [4.78, 5) is 19.0. The largest absolute Gasteiger partial charge is 0.360 e. The predicted molar refractivity (Wildman–Crippen MR) is 107 cm³/mol. The molecule has 2 N–H and O–H groups in total. The number of nitrogens with one attached hydrogen (secondary N) is 2. The average Bonchev–Trinajstić information content (AvgIpc) is 2.60. The highest BCUT2D eigenvalue weighted by Gasteiger charge is 2.23. The summed E-state index contributed by atoms with van der Waals surface area (Å²) < 4.78 is 0. The molecule has 3 aromatic rings. The van der Waals surface area contributed by atoms with Crippen molar-refractivity contribution in [1.82, 2.24) is 9.97 Å². The molecule has 1 heterocycles. The van der Waals surface area contributed by atoms with Crippen LogP contribution in [0.4, 0.5) is 23.0 Å². The van der Waals surface area contributed by atoms with Crippen LogP contribution in [0.5, 0.6) is 0 Å². The Kier molecular flexibility index (Phi) is 5.95. The van der Waals surface area contributed by atoms with E-state index in [0.717, 1.165) is 5.56 Å². The fourth-order valence-electron chi connectivity index (χ4n) is 2.32. The lowest BCUT2D eigenvalue weighted by molar-refractivity contribution is -0.383. The van der Waals surface area contributed by atoms with Crippen molar-refractivity contribution in [2.24, 2.45) is 0 Å². The van der Waals surface area contributed by atoms with Gasteiger partial charge in [-0.15, -0.1) is 0 Å². The van der Waals surface area contributed by atoms with Crippen LogP contribution in [-0.4, -0.2) is 14.9 Å². The maximum Gasteiger partial charge on any atom is 0.353 e. The van der Waals surface area contributed by atoms with E-state index >= 15 is 0 Å². The van der Waals surface area contributed by atoms with Crippen LogP contribution in [0.15, 0.2) is 48.8 Å². The van der Waals surface area contributed by atoms with E-state index in [0.29, 0.717) is 27.3 Å². The van der Waals surface area contributed by atoms with Gasteiger partial charge >= 0.3 is 5.69 Å². The van der Waals surface area contributed by atoms with Gasteiger partial charge in [0, 0.05) is 27.3 Å². The van der Waals surface area contributed by atoms with E-state index in [4.69, 9.17) is 34.8 Å². The number of rotatable bonds is 6. The summed E-state index contributed by atoms with van der Waals surface area (Å²) >= 11 is 17.8. The van der Waals surface area contributed by atoms with E-state index in [9.17, 15) is 10.1 Å². The number of hydrogen-bond donors (Lipinski definition) is 2. The molecular formula is C17H12Cl3N5O2. The lowest BCUT2D eigenvalue weighted by Crippen LogP contribution is -2.08. The lowest BCUT2D eigenvalue weighted by atomic mass is 10.2. The topological polar surface area (TPSA) is 93.0 Å². The Labute approximate surface area is 169 Å². The molecule has 3 rings (SSSR count). The second-order valence-electron chi connectivity index (χ2n) is 5.44. The van der Waals surface area contributed by atoms with Crippen LogP contribution in [0.25, 0.3) is 0 Å². The van der Waals surface area contributed by atoms with Crippen LogP contribution in [0.1, 0.15) is 5.56 Å². The fourth-order valence-corrected chi connectivity index (χ4v) is 2.98. The molecule has 0 radical (unpaired) electrons. The van der Waals surface area contributed by atoms with Crippen molar-refractivity contribution in [1.29, 1.82) is 0 Å². The zero-order chi connectivity index (χ0) is 19.4. The molecule has 0 amide bonds.